The number of rotatable bonds is 9. The molecule has 0 radical (unpaired) electrons. The lowest BCUT2D eigenvalue weighted by Crippen LogP contribution is -2.40. The molecule has 0 bridgehead atoms. The molecule has 0 unspecified atom stereocenters. The van der Waals surface area contributed by atoms with Crippen LogP contribution in [0.1, 0.15) is 31.2 Å². The standard InChI is InChI=1S/C17H27N3O3/c18-8-7-17(21)19-9-4-12-23-16-6-3-5-15(13-16)14-20(22)10-1-2-11-20/h3,5-6,13,22H,1-2,4,7-12,14,18H2/p+1. The molecule has 1 heterocycles. The number of hydroxylamine groups is 3. The zero-order valence-electron chi connectivity index (χ0n) is 13.7. The summed E-state index contributed by atoms with van der Waals surface area (Å²) >= 11 is 0. The molecule has 1 aliphatic rings. The fourth-order valence-corrected chi connectivity index (χ4v) is 2.87. The number of likely N-dealkylation sites (tertiary alicyclic amines) is 1. The Morgan fingerprint density at radius 3 is 2.87 bits per heavy atom. The van der Waals surface area contributed by atoms with Crippen LogP contribution in [0.5, 0.6) is 5.75 Å². The highest BCUT2D eigenvalue weighted by molar-refractivity contribution is 5.75. The summed E-state index contributed by atoms with van der Waals surface area (Å²) in [6.45, 7) is 3.80. The number of hydrogen-bond acceptors (Lipinski definition) is 4. The van der Waals surface area contributed by atoms with Gasteiger partial charge in [-0.25, -0.2) is 5.21 Å². The predicted octanol–water partition coefficient (Wildman–Crippen LogP) is 1.42. The number of quaternary nitrogens is 1. The second kappa shape index (κ2) is 8.86. The van der Waals surface area contributed by atoms with Crippen molar-refractivity contribution in [2.75, 3.05) is 32.8 Å². The first-order valence-corrected chi connectivity index (χ1v) is 8.39. The van der Waals surface area contributed by atoms with Crippen LogP contribution < -0.4 is 15.8 Å². The number of nitrogens with zero attached hydrogens (tertiary/aromatic N) is 1. The Morgan fingerprint density at radius 1 is 1.35 bits per heavy atom. The lowest BCUT2D eigenvalue weighted by atomic mass is 10.2. The number of hydrogen-bond donors (Lipinski definition) is 3. The van der Waals surface area contributed by atoms with Crippen LogP contribution >= 0.6 is 0 Å². The molecule has 1 aliphatic heterocycles. The number of carbonyl (C=O) groups excluding carboxylic acids is 1. The molecule has 6 heteroatoms. The number of carbonyl (C=O) groups is 1. The normalized spacial score (nSPS) is 16.3. The molecule has 4 N–H and O–H groups in total. The second-order valence-electron chi connectivity index (χ2n) is 6.15. The van der Waals surface area contributed by atoms with E-state index in [0.717, 1.165) is 43.7 Å². The molecule has 0 aliphatic carbocycles. The van der Waals surface area contributed by atoms with Gasteiger partial charge in [0.1, 0.15) is 25.4 Å². The van der Waals surface area contributed by atoms with Gasteiger partial charge in [0.25, 0.3) is 0 Å². The van der Waals surface area contributed by atoms with Crippen LogP contribution in [0, 0.1) is 0 Å². The van der Waals surface area contributed by atoms with Crippen molar-refractivity contribution in [1.82, 2.24) is 5.32 Å². The third kappa shape index (κ3) is 6.17. The molecule has 1 aromatic carbocycles. The summed E-state index contributed by atoms with van der Waals surface area (Å²) in [5.41, 5.74) is 6.40. The van der Waals surface area contributed by atoms with Crippen LogP contribution in [-0.4, -0.2) is 48.5 Å². The highest BCUT2D eigenvalue weighted by Gasteiger charge is 2.30. The van der Waals surface area contributed by atoms with E-state index in [0.29, 0.717) is 32.7 Å². The Morgan fingerprint density at radius 2 is 2.13 bits per heavy atom. The highest BCUT2D eigenvalue weighted by atomic mass is 16.5. The molecule has 1 aromatic rings. The lowest BCUT2D eigenvalue weighted by Gasteiger charge is -2.24. The third-order valence-corrected chi connectivity index (χ3v) is 4.06. The van der Waals surface area contributed by atoms with Crippen molar-refractivity contribution in [1.29, 1.82) is 0 Å². The van der Waals surface area contributed by atoms with Crippen LogP contribution in [0.2, 0.25) is 0 Å². The van der Waals surface area contributed by atoms with Gasteiger partial charge in [-0.2, -0.15) is 4.65 Å². The lowest BCUT2D eigenvalue weighted by molar-refractivity contribution is -1.10. The van der Waals surface area contributed by atoms with Crippen molar-refractivity contribution in [3.63, 3.8) is 0 Å². The van der Waals surface area contributed by atoms with Gasteiger partial charge in [-0.15, -0.1) is 0 Å². The molecule has 2 rings (SSSR count). The second-order valence-corrected chi connectivity index (χ2v) is 6.15. The van der Waals surface area contributed by atoms with Gasteiger partial charge in [0.15, 0.2) is 0 Å². The smallest absolute Gasteiger partial charge is 0.221 e. The Hall–Kier alpha value is -1.63. The molecule has 0 spiro atoms. The molecule has 1 fully saturated rings. The largest absolute Gasteiger partial charge is 0.494 e. The van der Waals surface area contributed by atoms with Crippen LogP contribution in [0.3, 0.4) is 0 Å². The van der Waals surface area contributed by atoms with Gasteiger partial charge < -0.3 is 15.8 Å². The van der Waals surface area contributed by atoms with Gasteiger partial charge in [-0.3, -0.25) is 4.79 Å². The molecule has 23 heavy (non-hydrogen) atoms. The van der Waals surface area contributed by atoms with Crippen molar-refractivity contribution >= 4 is 5.91 Å². The molecule has 0 atom stereocenters. The van der Waals surface area contributed by atoms with E-state index in [1.54, 1.807) is 0 Å². The number of ether oxygens (including phenoxy) is 1. The average molecular weight is 322 g/mol. The van der Waals surface area contributed by atoms with E-state index in [-0.39, 0.29) is 10.6 Å². The maximum Gasteiger partial charge on any atom is 0.221 e. The van der Waals surface area contributed by atoms with Crippen molar-refractivity contribution < 1.29 is 19.4 Å². The summed E-state index contributed by atoms with van der Waals surface area (Å²) in [5.74, 6) is 0.790. The number of benzene rings is 1. The van der Waals surface area contributed by atoms with Gasteiger partial charge in [0, 0.05) is 37.9 Å². The number of amides is 1. The van der Waals surface area contributed by atoms with Crippen molar-refractivity contribution in [2.45, 2.75) is 32.2 Å². The quantitative estimate of drug-likeness (QED) is 0.474. The minimum Gasteiger partial charge on any atom is -0.494 e. The SMILES string of the molecule is NCCC(=O)NCCCOc1cccc(C[N+]2(O)CCCC2)c1. The summed E-state index contributed by atoms with van der Waals surface area (Å²) in [5, 5.41) is 13.2. The third-order valence-electron chi connectivity index (χ3n) is 4.06. The van der Waals surface area contributed by atoms with E-state index >= 15 is 0 Å². The summed E-state index contributed by atoms with van der Waals surface area (Å²) in [4.78, 5) is 11.3. The van der Waals surface area contributed by atoms with Gasteiger partial charge in [0.2, 0.25) is 5.91 Å². The summed E-state index contributed by atoms with van der Waals surface area (Å²) in [6.07, 6.45) is 3.29. The van der Waals surface area contributed by atoms with E-state index < -0.39 is 0 Å². The molecular formula is C17H28N3O3+. The van der Waals surface area contributed by atoms with E-state index in [1.165, 1.54) is 0 Å². The van der Waals surface area contributed by atoms with E-state index in [1.807, 2.05) is 24.3 Å². The first-order chi connectivity index (χ1) is 11.1. The van der Waals surface area contributed by atoms with E-state index in [9.17, 15) is 10.0 Å². The molecular weight excluding hydrogens is 294 g/mol. The Labute approximate surface area is 137 Å². The fourth-order valence-electron chi connectivity index (χ4n) is 2.87. The van der Waals surface area contributed by atoms with Crippen molar-refractivity contribution in [3.05, 3.63) is 29.8 Å². The fraction of sp³-hybridized carbons (Fsp3) is 0.588. The Balaban J connectivity index is 1.71. The summed E-state index contributed by atoms with van der Waals surface area (Å²) < 4.78 is 5.86. The molecule has 6 nitrogen and oxygen atoms in total. The van der Waals surface area contributed by atoms with Crippen molar-refractivity contribution in [3.8, 4) is 5.75 Å². The van der Waals surface area contributed by atoms with Gasteiger partial charge in [-0.1, -0.05) is 12.1 Å². The first-order valence-electron chi connectivity index (χ1n) is 8.39. The van der Waals surface area contributed by atoms with Gasteiger partial charge >= 0.3 is 0 Å². The topological polar surface area (TPSA) is 84.6 Å². The van der Waals surface area contributed by atoms with Gasteiger partial charge in [-0.05, 0) is 18.6 Å². The molecule has 0 saturated carbocycles. The average Bonchev–Trinajstić information content (AvgIpc) is 2.94. The van der Waals surface area contributed by atoms with E-state index in [4.69, 9.17) is 10.5 Å². The van der Waals surface area contributed by atoms with Crippen LogP contribution in [0.15, 0.2) is 24.3 Å². The number of nitrogens with two attached hydrogens (primary N) is 1. The molecule has 1 amide bonds. The predicted molar refractivity (Wildman–Crippen MR) is 88.0 cm³/mol. The monoisotopic (exact) mass is 322 g/mol. The molecule has 128 valence electrons. The number of nitrogens with one attached hydrogen (secondary N) is 1. The summed E-state index contributed by atoms with van der Waals surface area (Å²) in [6, 6.07) is 7.88. The minimum atomic E-state index is -0.0166. The van der Waals surface area contributed by atoms with Crippen molar-refractivity contribution in [2.24, 2.45) is 5.73 Å². The minimum absolute atomic E-state index is 0.0166. The maximum atomic E-state index is 11.3. The van der Waals surface area contributed by atoms with Gasteiger partial charge in [0.05, 0.1) is 6.61 Å². The maximum absolute atomic E-state index is 11.3. The Kier molecular flexibility index (Phi) is 6.83. The zero-order chi connectivity index (χ0) is 16.5. The highest BCUT2D eigenvalue weighted by Crippen LogP contribution is 2.22. The zero-order valence-corrected chi connectivity index (χ0v) is 13.7. The first kappa shape index (κ1) is 17.7. The van der Waals surface area contributed by atoms with Crippen LogP contribution in [-0.2, 0) is 11.3 Å². The van der Waals surface area contributed by atoms with E-state index in [2.05, 4.69) is 5.32 Å². The van der Waals surface area contributed by atoms with Crippen LogP contribution in [0.4, 0.5) is 0 Å². The molecule has 0 aromatic heterocycles. The van der Waals surface area contributed by atoms with Crippen LogP contribution in [0.25, 0.3) is 0 Å². The Bertz CT molecular complexity index is 502. The molecule has 1 saturated heterocycles. The summed E-state index contributed by atoms with van der Waals surface area (Å²) in [7, 11) is 0.